The third-order valence-electron chi connectivity index (χ3n) is 6.00. The van der Waals surface area contributed by atoms with Crippen LogP contribution in [0.15, 0.2) is 64.2 Å². The van der Waals surface area contributed by atoms with Crippen LogP contribution in [0.4, 0.5) is 11.6 Å². The minimum atomic E-state index is -0.376. The summed E-state index contributed by atoms with van der Waals surface area (Å²) >= 11 is 0. The second-order valence-electron chi connectivity index (χ2n) is 8.30. The van der Waals surface area contributed by atoms with Crippen LogP contribution >= 0.6 is 0 Å². The van der Waals surface area contributed by atoms with Gasteiger partial charge < -0.3 is 14.2 Å². The van der Waals surface area contributed by atoms with Crippen LogP contribution in [-0.4, -0.2) is 32.3 Å². The van der Waals surface area contributed by atoms with Crippen molar-refractivity contribution in [2.45, 2.75) is 20.0 Å². The van der Waals surface area contributed by atoms with Crippen molar-refractivity contribution in [1.29, 1.82) is 0 Å². The van der Waals surface area contributed by atoms with Crippen LogP contribution in [0.25, 0.3) is 11.2 Å². The van der Waals surface area contributed by atoms with Crippen LogP contribution in [0.5, 0.6) is 5.75 Å². The number of benzene rings is 2. The lowest BCUT2D eigenvalue weighted by Crippen LogP contribution is -2.40. The molecule has 0 amide bonds. The molecule has 0 unspecified atom stereocenters. The molecule has 0 saturated carbocycles. The Morgan fingerprint density at radius 3 is 2.50 bits per heavy atom. The molecule has 0 saturated heterocycles. The van der Waals surface area contributed by atoms with Gasteiger partial charge in [-0.25, -0.2) is 4.79 Å². The molecular weight excluding hydrogens is 406 g/mol. The predicted octanol–water partition coefficient (Wildman–Crippen LogP) is 2.74. The van der Waals surface area contributed by atoms with Gasteiger partial charge in [-0.1, -0.05) is 49.4 Å². The zero-order chi connectivity index (χ0) is 22.4. The van der Waals surface area contributed by atoms with E-state index in [4.69, 9.17) is 9.72 Å². The highest BCUT2D eigenvalue weighted by Crippen LogP contribution is 2.37. The van der Waals surface area contributed by atoms with E-state index >= 15 is 0 Å². The van der Waals surface area contributed by atoms with Crippen molar-refractivity contribution in [3.05, 3.63) is 81.0 Å². The molecule has 4 aromatic rings. The molecule has 0 spiro atoms. The lowest BCUT2D eigenvalue weighted by atomic mass is 10.1. The highest BCUT2D eigenvalue weighted by molar-refractivity contribution is 5.78. The minimum absolute atomic E-state index is 0.217. The number of anilines is 2. The number of aromatic nitrogens is 4. The van der Waals surface area contributed by atoms with E-state index in [0.717, 1.165) is 23.5 Å². The number of para-hydroxylation sites is 2. The normalized spacial score (nSPS) is 15.7. The Hall–Kier alpha value is -3.81. The number of fused-ring (bicyclic) bond motifs is 3. The number of imidazole rings is 1. The fraction of sp³-hybridized carbons (Fsp3) is 0.292. The molecule has 164 valence electrons. The van der Waals surface area contributed by atoms with Crippen molar-refractivity contribution >= 4 is 22.8 Å². The highest BCUT2D eigenvalue weighted by Gasteiger charge is 2.31. The molecule has 1 aliphatic rings. The maximum atomic E-state index is 13.6. The zero-order valence-corrected chi connectivity index (χ0v) is 18.4. The lowest BCUT2D eigenvalue weighted by molar-refractivity contribution is 0.409. The van der Waals surface area contributed by atoms with Crippen LogP contribution in [-0.2, 0) is 20.1 Å². The number of rotatable bonds is 4. The molecule has 3 heterocycles. The van der Waals surface area contributed by atoms with E-state index in [2.05, 4.69) is 11.8 Å². The number of ether oxygens (including phenoxy) is 1. The Morgan fingerprint density at radius 2 is 1.75 bits per heavy atom. The lowest BCUT2D eigenvalue weighted by Gasteiger charge is -2.33. The van der Waals surface area contributed by atoms with Crippen LogP contribution in [0.3, 0.4) is 0 Å². The maximum Gasteiger partial charge on any atom is 0.332 e. The summed E-state index contributed by atoms with van der Waals surface area (Å²) < 4.78 is 10.3. The van der Waals surface area contributed by atoms with Gasteiger partial charge in [-0.05, 0) is 23.6 Å². The smallest absolute Gasteiger partial charge is 0.332 e. The molecule has 0 aliphatic carbocycles. The Labute approximate surface area is 184 Å². The average Bonchev–Trinajstić information content (AvgIpc) is 3.20. The standard InChI is InChI=1S/C24H25N5O3/c1-16-13-27(18-11-7-8-12-19(18)32-3)23-25-21-20(28(23)14-16)22(30)29(24(31)26(21)2)15-17-9-5-4-6-10-17/h4-12,16H,13-15H2,1-3H3/t16-/m0/s1. The van der Waals surface area contributed by atoms with Crippen LogP contribution < -0.4 is 20.9 Å². The van der Waals surface area contributed by atoms with Crippen molar-refractivity contribution in [3.8, 4) is 5.75 Å². The van der Waals surface area contributed by atoms with Gasteiger partial charge in [0.1, 0.15) is 5.75 Å². The summed E-state index contributed by atoms with van der Waals surface area (Å²) in [6.07, 6.45) is 0. The summed E-state index contributed by atoms with van der Waals surface area (Å²) in [7, 11) is 3.31. The first-order valence-corrected chi connectivity index (χ1v) is 10.6. The molecule has 2 aromatic heterocycles. The molecule has 1 aliphatic heterocycles. The third-order valence-corrected chi connectivity index (χ3v) is 6.00. The second-order valence-corrected chi connectivity index (χ2v) is 8.30. The molecular formula is C24H25N5O3. The van der Waals surface area contributed by atoms with E-state index < -0.39 is 0 Å². The van der Waals surface area contributed by atoms with E-state index in [9.17, 15) is 9.59 Å². The highest BCUT2D eigenvalue weighted by atomic mass is 16.5. The van der Waals surface area contributed by atoms with E-state index in [1.165, 1.54) is 9.13 Å². The van der Waals surface area contributed by atoms with Gasteiger partial charge in [0, 0.05) is 20.1 Å². The molecule has 0 radical (unpaired) electrons. The van der Waals surface area contributed by atoms with Crippen molar-refractivity contribution in [3.63, 3.8) is 0 Å². The fourth-order valence-electron chi connectivity index (χ4n) is 4.47. The summed E-state index contributed by atoms with van der Waals surface area (Å²) in [6.45, 7) is 3.74. The summed E-state index contributed by atoms with van der Waals surface area (Å²) in [6, 6.07) is 17.3. The van der Waals surface area contributed by atoms with Gasteiger partial charge in [0.15, 0.2) is 11.2 Å². The van der Waals surface area contributed by atoms with Gasteiger partial charge in [-0.15, -0.1) is 0 Å². The Morgan fingerprint density at radius 1 is 1.03 bits per heavy atom. The number of hydrogen-bond donors (Lipinski definition) is 0. The average molecular weight is 431 g/mol. The van der Waals surface area contributed by atoms with E-state index in [-0.39, 0.29) is 23.7 Å². The zero-order valence-electron chi connectivity index (χ0n) is 18.4. The topological polar surface area (TPSA) is 74.3 Å². The van der Waals surface area contributed by atoms with Gasteiger partial charge in [-0.3, -0.25) is 13.9 Å². The van der Waals surface area contributed by atoms with Crippen molar-refractivity contribution < 1.29 is 4.74 Å². The monoisotopic (exact) mass is 431 g/mol. The van der Waals surface area contributed by atoms with Crippen molar-refractivity contribution in [2.24, 2.45) is 13.0 Å². The Kier molecular flexibility index (Phi) is 4.84. The largest absolute Gasteiger partial charge is 0.495 e. The van der Waals surface area contributed by atoms with Gasteiger partial charge >= 0.3 is 5.69 Å². The third kappa shape index (κ3) is 3.10. The molecule has 32 heavy (non-hydrogen) atoms. The van der Waals surface area contributed by atoms with Gasteiger partial charge in [0.25, 0.3) is 5.56 Å². The van der Waals surface area contributed by atoms with Gasteiger partial charge in [-0.2, -0.15) is 4.98 Å². The number of nitrogens with zero attached hydrogens (tertiary/aromatic N) is 5. The molecule has 2 aromatic carbocycles. The number of hydrogen-bond acceptors (Lipinski definition) is 5. The Balaban J connectivity index is 1.74. The maximum absolute atomic E-state index is 13.6. The molecule has 5 rings (SSSR count). The van der Waals surface area contributed by atoms with Crippen LogP contribution in [0.1, 0.15) is 12.5 Å². The summed E-state index contributed by atoms with van der Waals surface area (Å²) in [5.41, 5.74) is 1.93. The first-order chi connectivity index (χ1) is 15.5. The first kappa shape index (κ1) is 20.1. The van der Waals surface area contributed by atoms with Crippen LogP contribution in [0, 0.1) is 5.92 Å². The van der Waals surface area contributed by atoms with Crippen molar-refractivity contribution in [1.82, 2.24) is 18.7 Å². The summed E-state index contributed by atoms with van der Waals surface area (Å²) in [5, 5.41) is 0. The van der Waals surface area contributed by atoms with Crippen LogP contribution in [0.2, 0.25) is 0 Å². The quantitative estimate of drug-likeness (QED) is 0.497. The number of aryl methyl sites for hydroxylation is 1. The molecule has 0 N–H and O–H groups in total. The molecule has 8 nitrogen and oxygen atoms in total. The summed E-state index contributed by atoms with van der Waals surface area (Å²) in [5.74, 6) is 1.65. The molecule has 0 fully saturated rings. The van der Waals surface area contributed by atoms with Crippen molar-refractivity contribution in [2.75, 3.05) is 18.6 Å². The molecule has 8 heteroatoms. The first-order valence-electron chi connectivity index (χ1n) is 10.6. The van der Waals surface area contributed by atoms with E-state index in [1.807, 2.05) is 59.2 Å². The van der Waals surface area contributed by atoms with Gasteiger partial charge in [0.05, 0.1) is 19.3 Å². The second kappa shape index (κ2) is 7.71. The van der Waals surface area contributed by atoms with E-state index in [1.54, 1.807) is 14.2 Å². The fourth-order valence-corrected chi connectivity index (χ4v) is 4.47. The molecule has 1 atom stereocenters. The SMILES string of the molecule is COc1ccccc1N1C[C@H](C)Cn2c1nc1c2c(=O)n(Cc2ccccc2)c(=O)n1C. The van der Waals surface area contributed by atoms with E-state index in [0.29, 0.717) is 23.7 Å². The molecule has 0 bridgehead atoms. The predicted molar refractivity (Wildman–Crippen MR) is 124 cm³/mol. The van der Waals surface area contributed by atoms with Gasteiger partial charge in [0.2, 0.25) is 5.95 Å². The Bertz CT molecular complexity index is 1420. The number of methoxy groups -OCH3 is 1. The summed E-state index contributed by atoms with van der Waals surface area (Å²) in [4.78, 5) is 33.5. The minimum Gasteiger partial charge on any atom is -0.495 e.